The van der Waals surface area contributed by atoms with Crippen molar-refractivity contribution in [2.45, 2.75) is 13.8 Å². The van der Waals surface area contributed by atoms with E-state index in [0.29, 0.717) is 0 Å². The number of hydrogen-bond donors (Lipinski definition) is 0. The fraction of sp³-hybridized carbons (Fsp3) is 1.00. The minimum atomic E-state index is -3.39. The third-order valence-electron chi connectivity index (χ3n) is 0.982. The lowest BCUT2D eigenvalue weighted by Gasteiger charge is -2.13. The van der Waals surface area contributed by atoms with Crippen molar-refractivity contribution in [3.05, 3.63) is 0 Å². The zero-order chi connectivity index (χ0) is 10.5. The van der Waals surface area contributed by atoms with Crippen LogP contribution >= 0.6 is 35.9 Å². The third-order valence-corrected chi connectivity index (χ3v) is 7.48. The van der Waals surface area contributed by atoms with E-state index in [-0.39, 0.29) is 13.2 Å². The van der Waals surface area contributed by atoms with Gasteiger partial charge in [-0.2, -0.15) is 0 Å². The van der Waals surface area contributed by atoms with Crippen LogP contribution in [0.2, 0.25) is 0 Å². The summed E-state index contributed by atoms with van der Waals surface area (Å²) in [6, 6.07) is 0. The van der Waals surface area contributed by atoms with Gasteiger partial charge in [-0.1, -0.05) is 0 Å². The first kappa shape index (κ1) is 14.0. The summed E-state index contributed by atoms with van der Waals surface area (Å²) >= 11 is 10.9. The summed E-state index contributed by atoms with van der Waals surface area (Å²) in [5.74, 6) is -0.440. The van der Waals surface area contributed by atoms with Gasteiger partial charge in [0.1, 0.15) is 5.90 Å². The first-order chi connectivity index (χ1) is 5.83. The predicted octanol–water partition coefficient (Wildman–Crippen LogP) is 3.88. The van der Waals surface area contributed by atoms with Crippen molar-refractivity contribution in [2.24, 2.45) is 0 Å². The Morgan fingerprint density at radius 1 is 1.00 bits per heavy atom. The molecule has 0 spiro atoms. The van der Waals surface area contributed by atoms with E-state index in [1.165, 1.54) is 0 Å². The van der Waals surface area contributed by atoms with Crippen LogP contribution < -0.4 is 0 Å². The molecule has 0 radical (unpaired) electrons. The highest BCUT2D eigenvalue weighted by molar-refractivity contribution is 7.99. The van der Waals surface area contributed by atoms with Crippen LogP contribution in [0.3, 0.4) is 0 Å². The van der Waals surface area contributed by atoms with Gasteiger partial charge in [-0.3, -0.25) is 9.13 Å². The third kappa shape index (κ3) is 6.96. The molecule has 0 saturated heterocycles. The van der Waals surface area contributed by atoms with Gasteiger partial charge in [-0.15, -0.1) is 0 Å². The van der Waals surface area contributed by atoms with E-state index < -0.39 is 19.3 Å². The van der Waals surface area contributed by atoms with E-state index in [2.05, 4.69) is 0 Å². The van der Waals surface area contributed by atoms with Gasteiger partial charge in [0.25, 0.3) is 0 Å². The molecule has 4 nitrogen and oxygen atoms in total. The zero-order valence-corrected chi connectivity index (χ0v) is 10.7. The molecule has 0 aromatic carbocycles. The van der Waals surface area contributed by atoms with E-state index in [1.54, 1.807) is 13.8 Å². The van der Waals surface area contributed by atoms with Gasteiger partial charge in [0, 0.05) is 0 Å². The fourth-order valence-electron chi connectivity index (χ4n) is 0.669. The molecule has 0 aromatic heterocycles. The summed E-state index contributed by atoms with van der Waals surface area (Å²) in [5.41, 5.74) is 0. The van der Waals surface area contributed by atoms with Gasteiger partial charge < -0.3 is 9.05 Å². The summed E-state index contributed by atoms with van der Waals surface area (Å²) in [6.45, 7) is -3.15. The summed E-state index contributed by atoms with van der Waals surface area (Å²) in [5, 5.41) is 0. The van der Waals surface area contributed by atoms with Crippen LogP contribution in [0.25, 0.3) is 0 Å². The lowest BCUT2D eigenvalue weighted by molar-refractivity contribution is 0.336. The van der Waals surface area contributed by atoms with E-state index in [1.807, 2.05) is 0 Å². The quantitative estimate of drug-likeness (QED) is 0.686. The molecule has 0 aliphatic carbocycles. The highest BCUT2D eigenvalue weighted by atomic mass is 35.7. The van der Waals surface area contributed by atoms with E-state index in [9.17, 15) is 9.13 Å². The first-order valence-corrected chi connectivity index (χ1v) is 9.12. The van der Waals surface area contributed by atoms with Crippen LogP contribution in [-0.4, -0.2) is 19.1 Å². The van der Waals surface area contributed by atoms with Crippen LogP contribution in [0.1, 0.15) is 13.8 Å². The molecule has 8 heteroatoms. The minimum Gasteiger partial charge on any atom is -0.317 e. The second-order valence-electron chi connectivity index (χ2n) is 2.16. The average molecular weight is 269 g/mol. The molecule has 0 rings (SSSR count). The summed E-state index contributed by atoms with van der Waals surface area (Å²) in [4.78, 5) is 0. The summed E-state index contributed by atoms with van der Waals surface area (Å²) in [6.07, 6.45) is 0. The Morgan fingerprint density at radius 3 is 1.54 bits per heavy atom. The second-order valence-corrected chi connectivity index (χ2v) is 9.26. The average Bonchev–Trinajstić information content (AvgIpc) is 1.82. The van der Waals surface area contributed by atoms with Crippen molar-refractivity contribution in [1.29, 1.82) is 0 Å². The molecule has 0 saturated carbocycles. The van der Waals surface area contributed by atoms with Gasteiger partial charge in [0.05, 0.1) is 13.2 Å². The summed E-state index contributed by atoms with van der Waals surface area (Å²) in [7, 11) is 0. The lowest BCUT2D eigenvalue weighted by Crippen LogP contribution is -1.92. The first-order valence-electron chi connectivity index (χ1n) is 3.69. The highest BCUT2D eigenvalue weighted by Crippen LogP contribution is 2.68. The normalized spacial score (nSPS) is 20.6. The molecule has 2 atom stereocenters. The van der Waals surface area contributed by atoms with Crippen LogP contribution in [-0.2, 0) is 18.2 Å². The van der Waals surface area contributed by atoms with Crippen LogP contribution in [0.4, 0.5) is 0 Å². The van der Waals surface area contributed by atoms with Crippen molar-refractivity contribution in [3.63, 3.8) is 0 Å². The smallest absolute Gasteiger partial charge is 0.300 e. The Hall–Kier alpha value is 0.960. The number of halogens is 2. The molecular formula is C5H12Cl2O4P2. The Kier molecular flexibility index (Phi) is 6.17. The minimum absolute atomic E-state index is 0.184. The van der Waals surface area contributed by atoms with E-state index in [0.717, 1.165) is 0 Å². The van der Waals surface area contributed by atoms with Crippen molar-refractivity contribution in [3.8, 4) is 0 Å². The SMILES string of the molecule is CCOP(=O)(Cl)CP(=O)(Cl)OCC. The molecule has 0 heterocycles. The predicted molar refractivity (Wildman–Crippen MR) is 55.0 cm³/mol. The van der Waals surface area contributed by atoms with Gasteiger partial charge in [0.2, 0.25) is 0 Å². The maximum Gasteiger partial charge on any atom is 0.300 e. The highest BCUT2D eigenvalue weighted by Gasteiger charge is 2.32. The van der Waals surface area contributed by atoms with Crippen molar-refractivity contribution >= 4 is 35.9 Å². The molecule has 2 unspecified atom stereocenters. The van der Waals surface area contributed by atoms with Gasteiger partial charge in [-0.05, 0) is 36.3 Å². The molecule has 13 heavy (non-hydrogen) atoms. The van der Waals surface area contributed by atoms with Crippen molar-refractivity contribution < 1.29 is 18.2 Å². The molecule has 0 aliphatic rings. The molecule has 0 aliphatic heterocycles. The van der Waals surface area contributed by atoms with E-state index in [4.69, 9.17) is 31.5 Å². The summed E-state index contributed by atoms with van der Waals surface area (Å²) < 4.78 is 32.0. The maximum absolute atomic E-state index is 11.3. The Bertz CT molecular complexity index is 221. The van der Waals surface area contributed by atoms with Crippen molar-refractivity contribution in [2.75, 3.05) is 19.1 Å². The van der Waals surface area contributed by atoms with Crippen LogP contribution in [0, 0.1) is 0 Å². The van der Waals surface area contributed by atoms with Crippen LogP contribution in [0.15, 0.2) is 0 Å². The Morgan fingerprint density at radius 2 is 1.31 bits per heavy atom. The fourth-order valence-corrected chi connectivity index (χ4v) is 7.32. The Balaban J connectivity index is 4.25. The maximum atomic E-state index is 11.3. The monoisotopic (exact) mass is 268 g/mol. The number of hydrogen-bond acceptors (Lipinski definition) is 4. The van der Waals surface area contributed by atoms with Gasteiger partial charge >= 0.3 is 13.4 Å². The molecule has 0 fully saturated rings. The second kappa shape index (κ2) is 5.75. The Labute approximate surface area is 87.4 Å². The standard InChI is InChI=1S/C5H12Cl2O4P2/c1-3-10-12(6,8)5-13(7,9)11-4-2/h3-5H2,1-2H3. The van der Waals surface area contributed by atoms with E-state index >= 15 is 0 Å². The largest absolute Gasteiger partial charge is 0.317 e. The van der Waals surface area contributed by atoms with Gasteiger partial charge in [-0.25, -0.2) is 0 Å². The molecule has 0 bridgehead atoms. The number of rotatable bonds is 6. The molecular weight excluding hydrogens is 257 g/mol. The topological polar surface area (TPSA) is 52.6 Å². The lowest BCUT2D eigenvalue weighted by atomic mass is 10.9. The molecule has 0 amide bonds. The molecule has 0 N–H and O–H groups in total. The van der Waals surface area contributed by atoms with Gasteiger partial charge in [0.15, 0.2) is 0 Å². The van der Waals surface area contributed by atoms with Crippen molar-refractivity contribution in [1.82, 2.24) is 0 Å². The van der Waals surface area contributed by atoms with Crippen LogP contribution in [0.5, 0.6) is 0 Å². The molecule has 0 aromatic rings. The zero-order valence-electron chi connectivity index (χ0n) is 7.40. The molecule has 80 valence electrons.